The van der Waals surface area contributed by atoms with Crippen LogP contribution in [-0.2, 0) is 11.3 Å². The van der Waals surface area contributed by atoms with Gasteiger partial charge in [0.25, 0.3) is 0 Å². The summed E-state index contributed by atoms with van der Waals surface area (Å²) in [7, 11) is 0. The van der Waals surface area contributed by atoms with E-state index < -0.39 is 0 Å². The molecule has 0 aliphatic carbocycles. The highest BCUT2D eigenvalue weighted by atomic mass is 16.5. The second kappa shape index (κ2) is 5.97. The number of rotatable bonds is 4. The van der Waals surface area contributed by atoms with E-state index in [9.17, 15) is 0 Å². The normalized spacial score (nSPS) is 17.6. The summed E-state index contributed by atoms with van der Waals surface area (Å²) in [5, 5.41) is 3.36. The van der Waals surface area contributed by atoms with Crippen LogP contribution in [0, 0.1) is 12.8 Å². The van der Waals surface area contributed by atoms with E-state index in [4.69, 9.17) is 4.74 Å². The first-order chi connectivity index (χ1) is 7.84. The molecule has 1 aromatic heterocycles. The van der Waals surface area contributed by atoms with Crippen molar-refractivity contribution in [2.24, 2.45) is 5.92 Å². The van der Waals surface area contributed by atoms with Gasteiger partial charge in [-0.05, 0) is 49.9 Å². The molecule has 1 aromatic rings. The summed E-state index contributed by atoms with van der Waals surface area (Å²) in [5.41, 5.74) is 2.37. The molecular formula is C13H20N2O. The first-order valence-electron chi connectivity index (χ1n) is 6.03. The molecule has 3 nitrogen and oxygen atoms in total. The Labute approximate surface area is 97.2 Å². The summed E-state index contributed by atoms with van der Waals surface area (Å²) in [5.74, 6) is 0.735. The molecule has 0 unspecified atom stereocenters. The van der Waals surface area contributed by atoms with E-state index in [1.54, 1.807) is 0 Å². The van der Waals surface area contributed by atoms with Gasteiger partial charge in [-0.1, -0.05) is 6.07 Å². The fourth-order valence-electron chi connectivity index (χ4n) is 2.09. The van der Waals surface area contributed by atoms with Crippen molar-refractivity contribution in [3.63, 3.8) is 0 Å². The molecule has 1 N–H and O–H groups in total. The fraction of sp³-hybridized carbons (Fsp3) is 0.615. The first kappa shape index (κ1) is 11.6. The van der Waals surface area contributed by atoms with Crippen molar-refractivity contribution in [2.75, 3.05) is 19.7 Å². The minimum atomic E-state index is 0.693. The van der Waals surface area contributed by atoms with Crippen molar-refractivity contribution < 1.29 is 4.74 Å². The zero-order chi connectivity index (χ0) is 11.2. The maximum atomic E-state index is 5.75. The summed E-state index contributed by atoms with van der Waals surface area (Å²) >= 11 is 0. The average molecular weight is 220 g/mol. The second-order valence-corrected chi connectivity index (χ2v) is 4.58. The standard InChI is InChI=1S/C13H20N2O/c1-11-6-13(8-15-7-11)10-16-9-12-2-4-14-5-3-12/h6-8,12,14H,2-5,9-10H2,1H3. The number of aryl methyl sites for hydroxylation is 1. The van der Waals surface area contributed by atoms with Crippen LogP contribution < -0.4 is 5.32 Å². The van der Waals surface area contributed by atoms with Gasteiger partial charge in [0.1, 0.15) is 0 Å². The molecule has 3 heteroatoms. The smallest absolute Gasteiger partial charge is 0.0732 e. The quantitative estimate of drug-likeness (QED) is 0.841. The predicted octanol–water partition coefficient (Wildman–Crippen LogP) is 1.91. The van der Waals surface area contributed by atoms with Gasteiger partial charge in [0, 0.05) is 19.0 Å². The topological polar surface area (TPSA) is 34.1 Å². The molecule has 1 aliphatic rings. The second-order valence-electron chi connectivity index (χ2n) is 4.58. The van der Waals surface area contributed by atoms with Crippen molar-refractivity contribution >= 4 is 0 Å². The minimum Gasteiger partial charge on any atom is -0.376 e. The van der Waals surface area contributed by atoms with Crippen LogP contribution in [0.25, 0.3) is 0 Å². The van der Waals surface area contributed by atoms with E-state index >= 15 is 0 Å². The molecule has 0 saturated carbocycles. The number of piperidine rings is 1. The maximum absolute atomic E-state index is 5.75. The number of hydrogen-bond acceptors (Lipinski definition) is 3. The van der Waals surface area contributed by atoms with Crippen molar-refractivity contribution in [1.82, 2.24) is 10.3 Å². The Morgan fingerprint density at radius 2 is 2.19 bits per heavy atom. The Balaban J connectivity index is 1.71. The zero-order valence-electron chi connectivity index (χ0n) is 9.91. The average Bonchev–Trinajstić information content (AvgIpc) is 2.30. The molecule has 16 heavy (non-hydrogen) atoms. The Morgan fingerprint density at radius 1 is 1.38 bits per heavy atom. The van der Waals surface area contributed by atoms with E-state index in [-0.39, 0.29) is 0 Å². The van der Waals surface area contributed by atoms with Crippen LogP contribution in [0.15, 0.2) is 18.5 Å². The van der Waals surface area contributed by atoms with Crippen LogP contribution in [-0.4, -0.2) is 24.7 Å². The van der Waals surface area contributed by atoms with Gasteiger partial charge in [-0.3, -0.25) is 4.98 Å². The molecule has 2 heterocycles. The van der Waals surface area contributed by atoms with Gasteiger partial charge < -0.3 is 10.1 Å². The number of ether oxygens (including phenoxy) is 1. The van der Waals surface area contributed by atoms with E-state index in [1.165, 1.54) is 24.0 Å². The Bertz CT molecular complexity index is 321. The highest BCUT2D eigenvalue weighted by Gasteiger charge is 2.12. The predicted molar refractivity (Wildman–Crippen MR) is 64.2 cm³/mol. The molecular weight excluding hydrogens is 200 g/mol. The van der Waals surface area contributed by atoms with Crippen LogP contribution in [0.2, 0.25) is 0 Å². The van der Waals surface area contributed by atoms with Crippen molar-refractivity contribution in [1.29, 1.82) is 0 Å². The maximum Gasteiger partial charge on any atom is 0.0732 e. The molecule has 0 aromatic carbocycles. The number of nitrogens with one attached hydrogen (secondary N) is 1. The summed E-state index contributed by atoms with van der Waals surface area (Å²) in [4.78, 5) is 4.16. The van der Waals surface area contributed by atoms with Gasteiger partial charge in [-0.2, -0.15) is 0 Å². The molecule has 1 saturated heterocycles. The van der Waals surface area contributed by atoms with Crippen LogP contribution >= 0.6 is 0 Å². The van der Waals surface area contributed by atoms with Gasteiger partial charge in [-0.25, -0.2) is 0 Å². The van der Waals surface area contributed by atoms with E-state index in [2.05, 4.69) is 23.3 Å². The van der Waals surface area contributed by atoms with Gasteiger partial charge >= 0.3 is 0 Å². The molecule has 1 aliphatic heterocycles. The van der Waals surface area contributed by atoms with E-state index in [0.717, 1.165) is 25.6 Å². The molecule has 1 fully saturated rings. The number of nitrogens with zero attached hydrogens (tertiary/aromatic N) is 1. The number of pyridine rings is 1. The summed E-state index contributed by atoms with van der Waals surface area (Å²) in [6, 6.07) is 2.13. The van der Waals surface area contributed by atoms with Gasteiger partial charge in [0.15, 0.2) is 0 Å². The van der Waals surface area contributed by atoms with Crippen LogP contribution in [0.4, 0.5) is 0 Å². The third-order valence-electron chi connectivity index (χ3n) is 3.01. The van der Waals surface area contributed by atoms with Crippen LogP contribution in [0.1, 0.15) is 24.0 Å². The van der Waals surface area contributed by atoms with Crippen LogP contribution in [0.5, 0.6) is 0 Å². The van der Waals surface area contributed by atoms with Gasteiger partial charge in [0.05, 0.1) is 6.61 Å². The molecule has 0 amide bonds. The Morgan fingerprint density at radius 3 is 2.94 bits per heavy atom. The van der Waals surface area contributed by atoms with E-state index in [0.29, 0.717) is 6.61 Å². The van der Waals surface area contributed by atoms with E-state index in [1.807, 2.05) is 12.4 Å². The lowest BCUT2D eigenvalue weighted by molar-refractivity contribution is 0.0762. The van der Waals surface area contributed by atoms with Crippen LogP contribution in [0.3, 0.4) is 0 Å². The number of aromatic nitrogens is 1. The van der Waals surface area contributed by atoms with Crippen molar-refractivity contribution in [2.45, 2.75) is 26.4 Å². The lowest BCUT2D eigenvalue weighted by Crippen LogP contribution is -2.29. The summed E-state index contributed by atoms with van der Waals surface area (Å²) in [6.45, 7) is 5.91. The van der Waals surface area contributed by atoms with Crippen molar-refractivity contribution in [3.8, 4) is 0 Å². The van der Waals surface area contributed by atoms with Gasteiger partial charge in [-0.15, -0.1) is 0 Å². The lowest BCUT2D eigenvalue weighted by Gasteiger charge is -2.22. The Kier molecular flexibility index (Phi) is 4.31. The van der Waals surface area contributed by atoms with Gasteiger partial charge in [0.2, 0.25) is 0 Å². The highest BCUT2D eigenvalue weighted by Crippen LogP contribution is 2.13. The molecule has 88 valence electrons. The largest absolute Gasteiger partial charge is 0.376 e. The molecule has 2 rings (SSSR count). The first-order valence-corrected chi connectivity index (χ1v) is 6.03. The summed E-state index contributed by atoms with van der Waals surface area (Å²) in [6.07, 6.45) is 6.24. The zero-order valence-corrected chi connectivity index (χ0v) is 9.91. The fourth-order valence-corrected chi connectivity index (χ4v) is 2.09. The molecule has 0 spiro atoms. The number of hydrogen-bond donors (Lipinski definition) is 1. The minimum absolute atomic E-state index is 0.693. The molecule has 0 bridgehead atoms. The third kappa shape index (κ3) is 3.58. The lowest BCUT2D eigenvalue weighted by atomic mass is 9.99. The highest BCUT2D eigenvalue weighted by molar-refractivity contribution is 5.15. The SMILES string of the molecule is Cc1cncc(COCC2CCNCC2)c1. The molecule has 0 radical (unpaired) electrons. The van der Waals surface area contributed by atoms with Crippen molar-refractivity contribution in [3.05, 3.63) is 29.6 Å². The summed E-state index contributed by atoms with van der Waals surface area (Å²) < 4.78 is 5.75. The Hall–Kier alpha value is -0.930. The monoisotopic (exact) mass is 220 g/mol. The third-order valence-corrected chi connectivity index (χ3v) is 3.01. The molecule has 0 atom stereocenters.